The molecule has 1 aliphatic rings. The molecule has 0 bridgehead atoms. The maximum atomic E-state index is 13.2. The molecule has 1 atom stereocenters. The Balaban J connectivity index is 1.89. The Morgan fingerprint density at radius 3 is 2.49 bits per heavy atom. The van der Waals surface area contributed by atoms with Gasteiger partial charge in [-0.15, -0.1) is 0 Å². The molecule has 15 heteroatoms. The van der Waals surface area contributed by atoms with Gasteiger partial charge in [0.05, 0.1) is 24.5 Å². The Hall–Kier alpha value is -3.59. The summed E-state index contributed by atoms with van der Waals surface area (Å²) in [6.45, 7) is 6.70. The van der Waals surface area contributed by atoms with E-state index in [0.29, 0.717) is 33.2 Å². The summed E-state index contributed by atoms with van der Waals surface area (Å²) in [6, 6.07) is 11.0. The van der Waals surface area contributed by atoms with Crippen molar-refractivity contribution in [3.63, 3.8) is 0 Å². The van der Waals surface area contributed by atoms with Gasteiger partial charge in [0.1, 0.15) is 29.5 Å². The zero-order valence-electron chi connectivity index (χ0n) is 25.6. The van der Waals surface area contributed by atoms with Gasteiger partial charge in [-0.3, -0.25) is 13.7 Å². The van der Waals surface area contributed by atoms with E-state index in [1.165, 1.54) is 28.5 Å². The number of pyridine rings is 1. The molecule has 12 nitrogen and oxygen atoms in total. The number of hydrogen-bond donors (Lipinski definition) is 1. The fraction of sp³-hybridized carbons (Fsp3) is 0.400. The Bertz CT molecular complexity index is 1770. The lowest BCUT2D eigenvalue weighted by molar-refractivity contribution is 0.0208. The third-order valence-electron chi connectivity index (χ3n) is 6.84. The lowest BCUT2D eigenvalue weighted by Gasteiger charge is -2.29. The molecule has 2 heterocycles. The molecule has 1 aromatic heterocycles. The first-order chi connectivity index (χ1) is 21.1. The molecule has 1 unspecified atom stereocenters. The number of nitrogens with zero attached hydrogens (tertiary/aromatic N) is 3. The number of anilines is 1. The van der Waals surface area contributed by atoms with Crippen LogP contribution in [-0.2, 0) is 39.4 Å². The number of halogens is 1. The fourth-order valence-corrected chi connectivity index (χ4v) is 6.09. The van der Waals surface area contributed by atoms with Gasteiger partial charge in [0.2, 0.25) is 0 Å². The zero-order chi connectivity index (χ0) is 33.1. The zero-order valence-corrected chi connectivity index (χ0v) is 28.0. The number of benzene rings is 2. The number of fused-ring (bicyclic) bond motifs is 4. The van der Waals surface area contributed by atoms with Crippen molar-refractivity contribution in [2.45, 2.75) is 39.8 Å². The normalized spacial score (nSPS) is 14.3. The summed E-state index contributed by atoms with van der Waals surface area (Å²) in [7, 11) is -1.87. The maximum absolute atomic E-state index is 13.2. The van der Waals surface area contributed by atoms with Gasteiger partial charge in [-0.05, 0) is 57.2 Å². The highest BCUT2D eigenvalue weighted by atomic mass is 35.5. The molecule has 45 heavy (non-hydrogen) atoms. The summed E-state index contributed by atoms with van der Waals surface area (Å²) >= 11 is 3.79. The van der Waals surface area contributed by atoms with Crippen molar-refractivity contribution < 1.29 is 36.2 Å². The highest BCUT2D eigenvalue weighted by molar-refractivity contribution is 7.91. The summed E-state index contributed by atoms with van der Waals surface area (Å²) < 4.78 is 67.4. The largest absolute Gasteiger partial charge is 0.491 e. The Morgan fingerprint density at radius 2 is 1.82 bits per heavy atom. The van der Waals surface area contributed by atoms with E-state index in [2.05, 4.69) is 0 Å². The van der Waals surface area contributed by atoms with Gasteiger partial charge in [0.25, 0.3) is 16.8 Å². The van der Waals surface area contributed by atoms with Crippen LogP contribution < -0.4 is 19.3 Å². The lowest BCUT2D eigenvalue weighted by atomic mass is 10.0. The van der Waals surface area contributed by atoms with Crippen molar-refractivity contribution in [3.05, 3.63) is 69.6 Å². The minimum absolute atomic E-state index is 0.00709. The predicted molar refractivity (Wildman–Crippen MR) is 173 cm³/mol. The van der Waals surface area contributed by atoms with Gasteiger partial charge < -0.3 is 23.7 Å². The van der Waals surface area contributed by atoms with E-state index in [1.807, 2.05) is 0 Å². The van der Waals surface area contributed by atoms with Crippen molar-refractivity contribution >= 4 is 44.5 Å². The first-order valence-electron chi connectivity index (χ1n) is 14.1. The van der Waals surface area contributed by atoms with Crippen LogP contribution in [0.3, 0.4) is 0 Å². The predicted octanol–water partition coefficient (Wildman–Crippen LogP) is 5.01. The Kier molecular flexibility index (Phi) is 10.5. The van der Waals surface area contributed by atoms with Gasteiger partial charge in [-0.25, -0.2) is 17.4 Å². The molecule has 0 fully saturated rings. The van der Waals surface area contributed by atoms with Crippen molar-refractivity contribution in [1.29, 1.82) is 0 Å². The van der Waals surface area contributed by atoms with E-state index in [0.717, 1.165) is 4.31 Å². The van der Waals surface area contributed by atoms with Crippen molar-refractivity contribution in [2.75, 3.05) is 35.5 Å². The summed E-state index contributed by atoms with van der Waals surface area (Å²) in [5.41, 5.74) is 0.524. The number of aryl methyl sites for hydroxylation is 1. The molecule has 0 saturated carbocycles. The summed E-state index contributed by atoms with van der Waals surface area (Å²) in [5, 5.41) is 0.420. The van der Waals surface area contributed by atoms with Crippen LogP contribution in [0.4, 0.5) is 10.5 Å². The second-order valence-corrected chi connectivity index (χ2v) is 15.2. The first kappa shape index (κ1) is 34.3. The molecule has 244 valence electrons. The number of carbonyl (C=O) groups excluding carboxylic acids is 1. The van der Waals surface area contributed by atoms with Gasteiger partial charge in [-0.1, -0.05) is 18.5 Å². The molecule has 3 aromatic rings. The van der Waals surface area contributed by atoms with Gasteiger partial charge in [0, 0.05) is 53.3 Å². The minimum Gasteiger partial charge on any atom is -0.491 e. The van der Waals surface area contributed by atoms with Crippen LogP contribution in [-0.4, -0.2) is 69.5 Å². The third-order valence-corrected chi connectivity index (χ3v) is 9.53. The van der Waals surface area contributed by atoms with Crippen molar-refractivity contribution in [1.82, 2.24) is 9.47 Å². The molecule has 0 radical (unpaired) electrons. The molecule has 0 aliphatic carbocycles. The number of ether oxygens (including phenoxy) is 3. The fourth-order valence-electron chi connectivity index (χ4n) is 4.49. The lowest BCUT2D eigenvalue weighted by Crippen LogP contribution is -2.38. The summed E-state index contributed by atoms with van der Waals surface area (Å²) in [6.07, 6.45) is 0.969. The third kappa shape index (κ3) is 8.78. The highest BCUT2D eigenvalue weighted by Crippen LogP contribution is 2.42. The highest BCUT2D eigenvalue weighted by Gasteiger charge is 2.26. The van der Waals surface area contributed by atoms with Crippen LogP contribution in [0.5, 0.6) is 17.2 Å². The molecule has 2 aromatic carbocycles. The van der Waals surface area contributed by atoms with Crippen LogP contribution in [0.25, 0.3) is 11.1 Å². The molecule has 0 spiro atoms. The number of rotatable bonds is 6. The molecule has 1 aliphatic heterocycles. The number of amides is 1. The molecule has 1 N–H and O–H groups in total. The molecule has 4 rings (SSSR count). The quantitative estimate of drug-likeness (QED) is 0.355. The van der Waals surface area contributed by atoms with Crippen LogP contribution in [0.15, 0.2) is 53.5 Å². The number of aromatic nitrogens is 1. The van der Waals surface area contributed by atoms with Gasteiger partial charge in [-0.2, -0.15) is 0 Å². The standard InChI is InChI=1S/C30H36ClN3O9S2/c1-6-45(39,40)14-12-34(44(37)38)22-8-10-26-23(16-22)24-19-32(5)28(35)17-27(24)41-13-11-33(29(36)43-30(2,3)4)18-20-15-21(31)7-9-25(20)42-26/h7-10,15-17,19H,6,11-14,18H2,1-5H3,(H,37,38). The van der Waals surface area contributed by atoms with E-state index in [1.54, 1.807) is 64.3 Å². The SMILES string of the molecule is CCS(=O)(=O)CCN(c1ccc2c(c1)-c1cn(C)c(=O)cc1OCCN(C(=O)OC(C)(C)C)Cc1cc(Cl)ccc1O2)S(=O)O. The molecule has 1 amide bonds. The van der Waals surface area contributed by atoms with E-state index < -0.39 is 32.8 Å². The second kappa shape index (κ2) is 13.8. The van der Waals surface area contributed by atoms with E-state index >= 15 is 0 Å². The first-order valence-corrected chi connectivity index (χ1v) is 17.3. The van der Waals surface area contributed by atoms with Crippen LogP contribution in [0.1, 0.15) is 33.3 Å². The average molecular weight is 682 g/mol. The smallest absolute Gasteiger partial charge is 0.410 e. The van der Waals surface area contributed by atoms with Crippen LogP contribution in [0.2, 0.25) is 5.02 Å². The second-order valence-electron chi connectivity index (χ2n) is 11.4. The Labute approximate surface area is 269 Å². The van der Waals surface area contributed by atoms with Gasteiger partial charge >= 0.3 is 6.09 Å². The maximum Gasteiger partial charge on any atom is 0.410 e. The van der Waals surface area contributed by atoms with Crippen LogP contribution >= 0.6 is 11.6 Å². The number of carbonyl (C=O) groups is 1. The van der Waals surface area contributed by atoms with E-state index in [-0.39, 0.29) is 54.7 Å². The van der Waals surface area contributed by atoms with Crippen molar-refractivity contribution in [2.24, 2.45) is 7.05 Å². The average Bonchev–Trinajstić information content (AvgIpc) is 2.94. The topological polar surface area (TPSA) is 145 Å². The van der Waals surface area contributed by atoms with Gasteiger partial charge in [0.15, 0.2) is 9.84 Å². The molecular formula is C30H36ClN3O9S2. The molecular weight excluding hydrogens is 646 g/mol. The van der Waals surface area contributed by atoms with E-state index in [9.17, 15) is 26.8 Å². The molecule has 0 saturated heterocycles. The summed E-state index contributed by atoms with van der Waals surface area (Å²) in [4.78, 5) is 27.3. The minimum atomic E-state index is -3.44. The van der Waals surface area contributed by atoms with Crippen molar-refractivity contribution in [3.8, 4) is 28.4 Å². The summed E-state index contributed by atoms with van der Waals surface area (Å²) in [5.74, 6) is 0.419. The Morgan fingerprint density at radius 1 is 1.11 bits per heavy atom. The van der Waals surface area contributed by atoms with Crippen LogP contribution in [0, 0.1) is 0 Å². The van der Waals surface area contributed by atoms with E-state index in [4.69, 9.17) is 25.8 Å². The number of sulfone groups is 1. The monoisotopic (exact) mass is 681 g/mol. The number of hydrogen-bond acceptors (Lipinski definition) is 8.